The van der Waals surface area contributed by atoms with Gasteiger partial charge in [-0.1, -0.05) is 24.3 Å². The predicted molar refractivity (Wildman–Crippen MR) is 129 cm³/mol. The molecule has 0 spiro atoms. The number of nitrogens with zero attached hydrogens (tertiary/aromatic N) is 2. The minimum atomic E-state index is -0.101. The molecule has 2 heterocycles. The largest absolute Gasteiger partial charge is 0.493 e. The summed E-state index contributed by atoms with van der Waals surface area (Å²) in [4.78, 5) is 19.5. The second-order valence-electron chi connectivity index (χ2n) is 7.72. The van der Waals surface area contributed by atoms with Crippen molar-refractivity contribution in [3.05, 3.63) is 99.4 Å². The Labute approximate surface area is 202 Å². The van der Waals surface area contributed by atoms with Gasteiger partial charge in [-0.3, -0.25) is 4.79 Å². The Hall–Kier alpha value is -3.62. The number of thiazole rings is 1. The van der Waals surface area contributed by atoms with Crippen molar-refractivity contribution in [3.8, 4) is 11.5 Å². The quantitative estimate of drug-likeness (QED) is 0.347. The number of aliphatic hydroxyl groups excluding tert-OH is 1. The molecule has 0 unspecified atom stereocenters. The molecule has 0 radical (unpaired) electrons. The van der Waals surface area contributed by atoms with E-state index in [1.807, 2.05) is 61.5 Å². The van der Waals surface area contributed by atoms with E-state index in [9.17, 15) is 9.90 Å². The second-order valence-corrected chi connectivity index (χ2v) is 8.66. The third kappa shape index (κ3) is 5.65. The Balaban J connectivity index is 1.56. The first kappa shape index (κ1) is 23.5. The highest BCUT2D eigenvalue weighted by molar-refractivity contribution is 7.09. The van der Waals surface area contributed by atoms with Crippen LogP contribution in [-0.2, 0) is 26.3 Å². The molecule has 1 amide bonds. The number of furan rings is 1. The Kier molecular flexibility index (Phi) is 7.61. The van der Waals surface area contributed by atoms with Crippen LogP contribution in [-0.4, -0.2) is 28.0 Å². The summed E-state index contributed by atoms with van der Waals surface area (Å²) in [5.41, 5.74) is 3.08. The molecule has 8 heteroatoms. The van der Waals surface area contributed by atoms with E-state index in [1.165, 1.54) is 11.3 Å². The van der Waals surface area contributed by atoms with E-state index in [0.717, 1.165) is 16.1 Å². The van der Waals surface area contributed by atoms with Crippen LogP contribution in [0, 0.1) is 6.92 Å². The molecule has 7 nitrogen and oxygen atoms in total. The van der Waals surface area contributed by atoms with Gasteiger partial charge in [0.2, 0.25) is 0 Å². The average Bonchev–Trinajstić information content (AvgIpc) is 3.54. The number of ether oxygens (including phenoxy) is 2. The molecule has 2 aromatic carbocycles. The van der Waals surface area contributed by atoms with E-state index in [1.54, 1.807) is 23.7 Å². The van der Waals surface area contributed by atoms with E-state index in [-0.39, 0.29) is 19.1 Å². The number of carbonyl (C=O) groups is 1. The van der Waals surface area contributed by atoms with Gasteiger partial charge in [0, 0.05) is 17.5 Å². The molecule has 0 aliphatic rings. The average molecular weight is 479 g/mol. The lowest BCUT2D eigenvalue weighted by Crippen LogP contribution is -2.30. The monoisotopic (exact) mass is 478 g/mol. The van der Waals surface area contributed by atoms with Crippen LogP contribution < -0.4 is 9.47 Å². The standard InChI is InChI=1S/C26H26N2O5S/c1-18-6-3-4-8-22(18)26(30)28(14-21-7-5-11-32-21)13-19-9-10-23(31-2)24(12-19)33-16-25-27-20(15-29)17-34-25/h3-12,17,29H,13-16H2,1-2H3. The van der Waals surface area contributed by atoms with Gasteiger partial charge < -0.3 is 23.9 Å². The molecule has 0 saturated carbocycles. The molecule has 2 aromatic heterocycles. The SMILES string of the molecule is COc1ccc(CN(Cc2ccco2)C(=O)c2ccccc2C)cc1OCc1nc(CO)cs1. The van der Waals surface area contributed by atoms with Crippen molar-refractivity contribution in [1.82, 2.24) is 9.88 Å². The van der Waals surface area contributed by atoms with Crippen molar-refractivity contribution in [2.75, 3.05) is 7.11 Å². The van der Waals surface area contributed by atoms with Gasteiger partial charge in [-0.15, -0.1) is 11.3 Å². The van der Waals surface area contributed by atoms with Crippen LogP contribution in [0.1, 0.15) is 37.9 Å². The molecule has 1 N–H and O–H groups in total. The molecule has 0 bridgehead atoms. The first-order valence-corrected chi connectivity index (χ1v) is 11.7. The maximum Gasteiger partial charge on any atom is 0.254 e. The molecular weight excluding hydrogens is 452 g/mol. The second kappa shape index (κ2) is 11.0. The number of hydrogen-bond donors (Lipinski definition) is 1. The van der Waals surface area contributed by atoms with Crippen molar-refractivity contribution in [1.29, 1.82) is 0 Å². The Morgan fingerprint density at radius 3 is 2.68 bits per heavy atom. The molecule has 4 rings (SSSR count). The molecule has 0 atom stereocenters. The van der Waals surface area contributed by atoms with Crippen molar-refractivity contribution in [2.24, 2.45) is 0 Å². The molecule has 0 fully saturated rings. The number of amides is 1. The fourth-order valence-electron chi connectivity index (χ4n) is 3.55. The zero-order chi connectivity index (χ0) is 23.9. The highest BCUT2D eigenvalue weighted by Gasteiger charge is 2.20. The summed E-state index contributed by atoms with van der Waals surface area (Å²) < 4.78 is 17.0. The Morgan fingerprint density at radius 2 is 1.97 bits per heavy atom. The van der Waals surface area contributed by atoms with E-state index >= 15 is 0 Å². The minimum absolute atomic E-state index is 0.0768. The van der Waals surface area contributed by atoms with Gasteiger partial charge in [0.15, 0.2) is 11.5 Å². The fourth-order valence-corrected chi connectivity index (χ4v) is 4.25. The van der Waals surface area contributed by atoms with Gasteiger partial charge >= 0.3 is 0 Å². The van der Waals surface area contributed by atoms with Gasteiger partial charge in [-0.2, -0.15) is 0 Å². The topological polar surface area (TPSA) is 85.0 Å². The van der Waals surface area contributed by atoms with Crippen molar-refractivity contribution >= 4 is 17.2 Å². The molecule has 4 aromatic rings. The van der Waals surface area contributed by atoms with Gasteiger partial charge in [-0.25, -0.2) is 4.98 Å². The zero-order valence-electron chi connectivity index (χ0n) is 19.1. The third-order valence-corrected chi connectivity index (χ3v) is 6.17. The number of aromatic nitrogens is 1. The van der Waals surface area contributed by atoms with Crippen LogP contribution in [0.15, 0.2) is 70.7 Å². The lowest BCUT2D eigenvalue weighted by Gasteiger charge is -2.23. The molecule has 176 valence electrons. The molecule has 0 saturated heterocycles. The fraction of sp³-hybridized carbons (Fsp3) is 0.231. The number of rotatable bonds is 10. The predicted octanol–water partition coefficient (Wildman–Crippen LogP) is 4.97. The molecule has 0 aliphatic carbocycles. The van der Waals surface area contributed by atoms with E-state index in [4.69, 9.17) is 13.9 Å². The molecule has 0 aliphatic heterocycles. The van der Waals surface area contributed by atoms with Crippen LogP contribution in [0.2, 0.25) is 0 Å². The first-order valence-electron chi connectivity index (χ1n) is 10.8. The van der Waals surface area contributed by atoms with Crippen LogP contribution in [0.4, 0.5) is 0 Å². The zero-order valence-corrected chi connectivity index (χ0v) is 19.9. The molecular formula is C26H26N2O5S. The number of aryl methyl sites for hydroxylation is 1. The van der Waals surface area contributed by atoms with Crippen LogP contribution in [0.25, 0.3) is 0 Å². The Morgan fingerprint density at radius 1 is 1.12 bits per heavy atom. The van der Waals surface area contributed by atoms with E-state index < -0.39 is 0 Å². The number of benzene rings is 2. The maximum absolute atomic E-state index is 13.4. The summed E-state index contributed by atoms with van der Waals surface area (Å²) in [6.45, 7) is 2.78. The van der Waals surface area contributed by atoms with Crippen LogP contribution >= 0.6 is 11.3 Å². The highest BCUT2D eigenvalue weighted by atomic mass is 32.1. The lowest BCUT2D eigenvalue weighted by molar-refractivity contribution is 0.0716. The van der Waals surface area contributed by atoms with E-state index in [0.29, 0.717) is 41.6 Å². The van der Waals surface area contributed by atoms with Gasteiger partial charge in [0.1, 0.15) is 17.4 Å². The lowest BCUT2D eigenvalue weighted by atomic mass is 10.1. The van der Waals surface area contributed by atoms with Crippen molar-refractivity contribution in [2.45, 2.75) is 33.2 Å². The number of aliphatic hydroxyl groups is 1. The highest BCUT2D eigenvalue weighted by Crippen LogP contribution is 2.30. The van der Waals surface area contributed by atoms with Crippen LogP contribution in [0.5, 0.6) is 11.5 Å². The van der Waals surface area contributed by atoms with Crippen molar-refractivity contribution in [3.63, 3.8) is 0 Å². The summed E-state index contributed by atoms with van der Waals surface area (Å²) in [7, 11) is 1.58. The minimum Gasteiger partial charge on any atom is -0.493 e. The van der Waals surface area contributed by atoms with Crippen LogP contribution in [0.3, 0.4) is 0 Å². The summed E-state index contributed by atoms with van der Waals surface area (Å²) in [6, 6.07) is 16.8. The van der Waals surface area contributed by atoms with Gasteiger partial charge in [0.25, 0.3) is 5.91 Å². The summed E-state index contributed by atoms with van der Waals surface area (Å²) in [5.74, 6) is 1.77. The maximum atomic E-state index is 13.4. The smallest absolute Gasteiger partial charge is 0.254 e. The normalized spacial score (nSPS) is 10.8. The van der Waals surface area contributed by atoms with Gasteiger partial charge in [-0.05, 0) is 48.4 Å². The first-order chi connectivity index (χ1) is 16.6. The molecule has 34 heavy (non-hydrogen) atoms. The Bertz CT molecular complexity index is 1240. The van der Waals surface area contributed by atoms with Gasteiger partial charge in [0.05, 0.1) is 32.2 Å². The number of methoxy groups -OCH3 is 1. The summed E-state index contributed by atoms with van der Waals surface area (Å²) in [6.07, 6.45) is 1.60. The third-order valence-electron chi connectivity index (χ3n) is 5.30. The number of carbonyl (C=O) groups excluding carboxylic acids is 1. The van der Waals surface area contributed by atoms with E-state index in [2.05, 4.69) is 4.98 Å². The number of hydrogen-bond acceptors (Lipinski definition) is 7. The summed E-state index contributed by atoms with van der Waals surface area (Å²) in [5, 5.41) is 11.8. The van der Waals surface area contributed by atoms with Crippen molar-refractivity contribution < 1.29 is 23.8 Å². The summed E-state index contributed by atoms with van der Waals surface area (Å²) >= 11 is 1.43.